The van der Waals surface area contributed by atoms with Crippen molar-refractivity contribution in [3.63, 3.8) is 0 Å². The lowest BCUT2D eigenvalue weighted by Crippen LogP contribution is -2.32. The maximum absolute atomic E-state index is 13.7. The number of aryl methyl sites for hydroxylation is 1. The summed E-state index contributed by atoms with van der Waals surface area (Å²) in [6.45, 7) is 1.01. The van der Waals surface area contributed by atoms with Gasteiger partial charge in [-0.15, -0.1) is 0 Å². The van der Waals surface area contributed by atoms with E-state index in [0.717, 1.165) is 24.9 Å². The molecule has 1 atom stereocenters. The summed E-state index contributed by atoms with van der Waals surface area (Å²) in [5, 5.41) is 7.79. The molecule has 0 aliphatic carbocycles. The Hall–Kier alpha value is -1.73. The van der Waals surface area contributed by atoms with Gasteiger partial charge in [0, 0.05) is 25.8 Å². The first-order valence-corrected chi connectivity index (χ1v) is 7.02. The summed E-state index contributed by atoms with van der Waals surface area (Å²) in [6.07, 6.45) is 4.18. The number of hydrogen-bond acceptors (Lipinski definition) is 5. The minimum atomic E-state index is -0.452. The number of nitrogens with one attached hydrogen (secondary N) is 1. The van der Waals surface area contributed by atoms with E-state index < -0.39 is 5.82 Å². The van der Waals surface area contributed by atoms with Crippen LogP contribution in [-0.4, -0.2) is 32.9 Å². The average Bonchev–Trinajstić information content (AvgIpc) is 2.85. The molecule has 0 amide bonds. The van der Waals surface area contributed by atoms with Crippen molar-refractivity contribution in [2.75, 3.05) is 12.4 Å². The van der Waals surface area contributed by atoms with Crippen LogP contribution in [0.25, 0.3) is 0 Å². The minimum Gasteiger partial charge on any atom is -0.377 e. The van der Waals surface area contributed by atoms with Crippen molar-refractivity contribution in [3.8, 4) is 0 Å². The van der Waals surface area contributed by atoms with E-state index in [-0.39, 0.29) is 16.8 Å². The van der Waals surface area contributed by atoms with Crippen LogP contribution in [0.5, 0.6) is 0 Å². The summed E-state index contributed by atoms with van der Waals surface area (Å²) < 4.78 is 20.6. The van der Waals surface area contributed by atoms with E-state index in [1.54, 1.807) is 7.11 Å². The van der Waals surface area contributed by atoms with Crippen molar-refractivity contribution >= 4 is 17.3 Å². The van der Waals surface area contributed by atoms with E-state index in [0.29, 0.717) is 19.0 Å². The predicted octanol–water partition coefficient (Wildman–Crippen LogP) is 2.04. The molecule has 2 aromatic heterocycles. The zero-order valence-electron chi connectivity index (χ0n) is 11.5. The third-order valence-electron chi connectivity index (χ3n) is 3.38. The van der Waals surface area contributed by atoms with Gasteiger partial charge in [0.15, 0.2) is 11.6 Å². The topological polar surface area (TPSA) is 64.9 Å². The number of rotatable bonds is 4. The van der Waals surface area contributed by atoms with Crippen LogP contribution in [0.2, 0.25) is 5.02 Å². The highest BCUT2D eigenvalue weighted by Crippen LogP contribution is 2.26. The van der Waals surface area contributed by atoms with E-state index in [4.69, 9.17) is 16.3 Å². The zero-order chi connectivity index (χ0) is 14.8. The summed E-state index contributed by atoms with van der Waals surface area (Å²) in [7, 11) is 1.61. The molecule has 0 aromatic carbocycles. The summed E-state index contributed by atoms with van der Waals surface area (Å²) >= 11 is 5.98. The number of hydrogen-bond donors (Lipinski definition) is 1. The van der Waals surface area contributed by atoms with Crippen molar-refractivity contribution < 1.29 is 9.13 Å². The maximum atomic E-state index is 13.7. The number of methoxy groups -OCH3 is 1. The van der Waals surface area contributed by atoms with Crippen molar-refractivity contribution in [1.29, 1.82) is 0 Å². The highest BCUT2D eigenvalue weighted by Gasteiger charge is 2.23. The average molecular weight is 312 g/mol. The second kappa shape index (κ2) is 5.95. The van der Waals surface area contributed by atoms with Crippen molar-refractivity contribution in [2.24, 2.45) is 0 Å². The van der Waals surface area contributed by atoms with Crippen LogP contribution in [0.4, 0.5) is 10.1 Å². The van der Waals surface area contributed by atoms with Crippen molar-refractivity contribution in [2.45, 2.75) is 32.0 Å². The molecule has 0 spiro atoms. The molecule has 0 bridgehead atoms. The van der Waals surface area contributed by atoms with Gasteiger partial charge in [0.05, 0.1) is 23.5 Å². The Balaban J connectivity index is 1.74. The molecule has 2 aromatic rings. The lowest BCUT2D eigenvalue weighted by Gasteiger charge is -2.25. The Labute approximate surface area is 126 Å². The van der Waals surface area contributed by atoms with Gasteiger partial charge in [-0.05, 0) is 6.42 Å². The van der Waals surface area contributed by atoms with Gasteiger partial charge in [0.1, 0.15) is 12.4 Å². The molecule has 1 aliphatic rings. The fourth-order valence-corrected chi connectivity index (χ4v) is 2.62. The second-order valence-electron chi connectivity index (χ2n) is 4.92. The van der Waals surface area contributed by atoms with Crippen LogP contribution < -0.4 is 5.32 Å². The molecule has 0 saturated carbocycles. The predicted molar refractivity (Wildman–Crippen MR) is 75.7 cm³/mol. The first-order chi connectivity index (χ1) is 10.2. The number of anilines is 1. The Bertz CT molecular complexity index is 627. The number of fused-ring (bicyclic) bond motifs is 1. The second-order valence-corrected chi connectivity index (χ2v) is 5.32. The summed E-state index contributed by atoms with van der Waals surface area (Å²) in [4.78, 5) is 8.11. The van der Waals surface area contributed by atoms with Crippen LogP contribution in [0.3, 0.4) is 0 Å². The van der Waals surface area contributed by atoms with Gasteiger partial charge < -0.3 is 10.1 Å². The van der Waals surface area contributed by atoms with Crippen LogP contribution in [-0.2, 0) is 24.3 Å². The number of ether oxygens (including phenoxy) is 1. The molecule has 21 heavy (non-hydrogen) atoms. The van der Waals surface area contributed by atoms with E-state index in [1.807, 2.05) is 4.68 Å². The molecular formula is C13H15ClFN5O. The molecule has 8 heteroatoms. The summed E-state index contributed by atoms with van der Waals surface area (Å²) in [5.74, 6) is 1.15. The quantitative estimate of drug-likeness (QED) is 0.936. The molecule has 6 nitrogen and oxygen atoms in total. The lowest BCUT2D eigenvalue weighted by atomic mass is 10.1. The van der Waals surface area contributed by atoms with Crippen molar-refractivity contribution in [1.82, 2.24) is 19.7 Å². The third-order valence-corrected chi connectivity index (χ3v) is 3.66. The molecule has 1 aliphatic heterocycles. The Morgan fingerprint density at radius 3 is 3.14 bits per heavy atom. The largest absolute Gasteiger partial charge is 0.377 e. The molecule has 3 rings (SSSR count). The Morgan fingerprint density at radius 2 is 2.38 bits per heavy atom. The molecule has 1 unspecified atom stereocenters. The molecular weight excluding hydrogens is 297 g/mol. The number of halogens is 2. The van der Waals surface area contributed by atoms with Gasteiger partial charge in [0.25, 0.3) is 0 Å². The number of aromatic nitrogens is 4. The highest BCUT2D eigenvalue weighted by atomic mass is 35.5. The van der Waals surface area contributed by atoms with Crippen LogP contribution in [0, 0.1) is 5.82 Å². The fourth-order valence-electron chi connectivity index (χ4n) is 2.42. The first-order valence-electron chi connectivity index (χ1n) is 6.64. The van der Waals surface area contributed by atoms with E-state index in [2.05, 4.69) is 20.4 Å². The summed E-state index contributed by atoms with van der Waals surface area (Å²) in [5.41, 5.74) is 0.289. The van der Waals surface area contributed by atoms with Gasteiger partial charge in [-0.2, -0.15) is 5.10 Å². The highest BCUT2D eigenvalue weighted by molar-refractivity contribution is 6.33. The van der Waals surface area contributed by atoms with Gasteiger partial charge in [-0.3, -0.25) is 4.98 Å². The number of nitrogens with zero attached hydrogens (tertiary/aromatic N) is 4. The van der Waals surface area contributed by atoms with E-state index >= 15 is 0 Å². The molecule has 0 fully saturated rings. The van der Waals surface area contributed by atoms with Crippen molar-refractivity contribution in [3.05, 3.63) is 34.9 Å². The molecule has 0 radical (unpaired) electrons. The SMILES string of the molecule is COCc1nc2n(n1)CC(Nc1c(F)cncc1Cl)CC2. The van der Waals surface area contributed by atoms with Crippen LogP contribution >= 0.6 is 11.6 Å². The lowest BCUT2D eigenvalue weighted by molar-refractivity contribution is 0.177. The normalized spacial score (nSPS) is 17.6. The van der Waals surface area contributed by atoms with Gasteiger partial charge >= 0.3 is 0 Å². The smallest absolute Gasteiger partial charge is 0.176 e. The number of pyridine rings is 1. The Kier molecular flexibility index (Phi) is 4.03. The van der Waals surface area contributed by atoms with E-state index in [9.17, 15) is 4.39 Å². The summed E-state index contributed by atoms with van der Waals surface area (Å²) in [6, 6.07) is 0.0454. The Morgan fingerprint density at radius 1 is 1.52 bits per heavy atom. The zero-order valence-corrected chi connectivity index (χ0v) is 12.3. The molecule has 3 heterocycles. The monoisotopic (exact) mass is 311 g/mol. The third kappa shape index (κ3) is 2.98. The standard InChI is InChI=1S/C13H15ClFN5O/c1-21-7-11-18-12-3-2-8(6-20(12)19-11)17-13-9(14)4-16-5-10(13)15/h4-5,8H,2-3,6-7H2,1H3,(H,16,17). The fraction of sp³-hybridized carbons (Fsp3) is 0.462. The van der Waals surface area contributed by atoms with E-state index in [1.165, 1.54) is 6.20 Å². The first kappa shape index (κ1) is 14.2. The van der Waals surface area contributed by atoms with Gasteiger partial charge in [0.2, 0.25) is 0 Å². The van der Waals surface area contributed by atoms with Crippen LogP contribution in [0.1, 0.15) is 18.1 Å². The molecule has 0 saturated heterocycles. The van der Waals surface area contributed by atoms with Crippen LogP contribution in [0.15, 0.2) is 12.4 Å². The van der Waals surface area contributed by atoms with Gasteiger partial charge in [-0.25, -0.2) is 14.1 Å². The maximum Gasteiger partial charge on any atom is 0.176 e. The molecule has 112 valence electrons. The minimum absolute atomic E-state index is 0.0454. The van der Waals surface area contributed by atoms with Gasteiger partial charge in [-0.1, -0.05) is 11.6 Å². The molecule has 1 N–H and O–H groups in total.